The number of hydrogen-bond donors (Lipinski definition) is 3. The zero-order valence-corrected chi connectivity index (χ0v) is 15.4. The molecule has 3 N–H and O–H groups in total. The molecule has 0 spiro atoms. The van der Waals surface area contributed by atoms with Crippen molar-refractivity contribution in [1.82, 2.24) is 15.5 Å². The maximum absolute atomic E-state index is 12.2. The molecule has 1 heterocycles. The molecule has 1 saturated carbocycles. The summed E-state index contributed by atoms with van der Waals surface area (Å²) < 4.78 is 0.728. The zero-order chi connectivity index (χ0) is 17.6. The molecule has 1 fully saturated rings. The number of aromatic nitrogens is 2. The average Bonchev–Trinajstić information content (AvgIpc) is 3.30. The van der Waals surface area contributed by atoms with Crippen LogP contribution in [-0.4, -0.2) is 40.4 Å². The van der Waals surface area contributed by atoms with Crippen molar-refractivity contribution in [2.24, 2.45) is 0 Å². The fraction of sp³-hybridized carbons (Fsp3) is 0.375. The van der Waals surface area contributed by atoms with Gasteiger partial charge in [0.1, 0.15) is 0 Å². The second-order valence-electron chi connectivity index (χ2n) is 5.53. The topological polar surface area (TPSA) is 96.0 Å². The van der Waals surface area contributed by atoms with Gasteiger partial charge in [-0.1, -0.05) is 35.2 Å². The van der Waals surface area contributed by atoms with Crippen molar-refractivity contribution in [1.29, 1.82) is 0 Å². The van der Waals surface area contributed by atoms with Gasteiger partial charge in [0.05, 0.1) is 17.0 Å². The number of thioether (sulfide) groups is 1. The number of nitrogens with one attached hydrogen (secondary N) is 3. The Balaban J connectivity index is 1.55. The zero-order valence-electron chi connectivity index (χ0n) is 13.7. The number of nitrogens with zero attached hydrogens (tertiary/aromatic N) is 2. The Hall–Kier alpha value is -2.13. The summed E-state index contributed by atoms with van der Waals surface area (Å²) in [6.45, 7) is 2.76. The minimum atomic E-state index is -0.183. The summed E-state index contributed by atoms with van der Waals surface area (Å²) in [7, 11) is 0. The molecular formula is C16H19N5O2S2. The monoisotopic (exact) mass is 377 g/mol. The van der Waals surface area contributed by atoms with E-state index in [1.807, 2.05) is 6.92 Å². The Labute approximate surface area is 154 Å². The Kier molecular flexibility index (Phi) is 5.87. The Morgan fingerprint density at radius 1 is 1.28 bits per heavy atom. The van der Waals surface area contributed by atoms with Gasteiger partial charge in [-0.15, -0.1) is 10.2 Å². The highest BCUT2D eigenvalue weighted by Gasteiger charge is 2.25. The van der Waals surface area contributed by atoms with E-state index in [0.717, 1.165) is 28.9 Å². The summed E-state index contributed by atoms with van der Waals surface area (Å²) in [5, 5.41) is 17.6. The number of carbonyl (C=O) groups excluding carboxylic acids is 2. The van der Waals surface area contributed by atoms with Gasteiger partial charge < -0.3 is 16.0 Å². The van der Waals surface area contributed by atoms with E-state index in [4.69, 9.17) is 0 Å². The van der Waals surface area contributed by atoms with Gasteiger partial charge in [-0.3, -0.25) is 9.59 Å². The molecule has 7 nitrogen and oxygen atoms in total. The summed E-state index contributed by atoms with van der Waals surface area (Å²) in [5.74, 6) is -0.123. The van der Waals surface area contributed by atoms with Gasteiger partial charge in [0, 0.05) is 12.6 Å². The molecule has 2 aromatic rings. The van der Waals surface area contributed by atoms with Gasteiger partial charge in [0.15, 0.2) is 4.34 Å². The quantitative estimate of drug-likeness (QED) is 0.612. The van der Waals surface area contributed by atoms with E-state index >= 15 is 0 Å². The Morgan fingerprint density at radius 2 is 2.08 bits per heavy atom. The molecule has 132 valence electrons. The third kappa shape index (κ3) is 5.17. The van der Waals surface area contributed by atoms with Crippen LogP contribution in [0, 0.1) is 0 Å². The number of amides is 2. The van der Waals surface area contributed by atoms with Crippen LogP contribution in [0.3, 0.4) is 0 Å². The minimum absolute atomic E-state index is 0.148. The molecule has 0 saturated heterocycles. The highest BCUT2D eigenvalue weighted by molar-refractivity contribution is 8.01. The fourth-order valence-corrected chi connectivity index (χ4v) is 3.71. The van der Waals surface area contributed by atoms with E-state index in [-0.39, 0.29) is 23.6 Å². The lowest BCUT2D eigenvalue weighted by molar-refractivity contribution is -0.113. The smallest absolute Gasteiger partial charge is 0.253 e. The fourth-order valence-electron chi connectivity index (χ4n) is 2.09. The standard InChI is InChI=1S/C16H19N5O2S2/c1-2-17-15-20-21-16(25-15)24-9-13(22)19-12-6-4-3-5-11(12)14(23)18-10-7-8-10/h3-6,10H,2,7-9H2,1H3,(H,17,20)(H,18,23)(H,19,22). The van der Waals surface area contributed by atoms with Crippen LogP contribution >= 0.6 is 23.1 Å². The van der Waals surface area contributed by atoms with Crippen LogP contribution < -0.4 is 16.0 Å². The number of benzene rings is 1. The minimum Gasteiger partial charge on any atom is -0.360 e. The van der Waals surface area contributed by atoms with Gasteiger partial charge in [0.2, 0.25) is 11.0 Å². The van der Waals surface area contributed by atoms with Crippen molar-refractivity contribution in [3.63, 3.8) is 0 Å². The van der Waals surface area contributed by atoms with Crippen LogP contribution in [0.1, 0.15) is 30.1 Å². The van der Waals surface area contributed by atoms with Gasteiger partial charge >= 0.3 is 0 Å². The third-order valence-electron chi connectivity index (χ3n) is 3.42. The normalized spacial score (nSPS) is 13.3. The van der Waals surface area contributed by atoms with Crippen LogP contribution in [0.25, 0.3) is 0 Å². The van der Waals surface area contributed by atoms with Gasteiger partial charge in [-0.05, 0) is 31.9 Å². The van der Waals surface area contributed by atoms with Crippen molar-refractivity contribution in [2.75, 3.05) is 22.9 Å². The molecule has 0 atom stereocenters. The first-order valence-electron chi connectivity index (χ1n) is 8.05. The predicted octanol–water partition coefficient (Wildman–Crippen LogP) is 2.59. The molecule has 1 aliphatic rings. The second-order valence-corrected chi connectivity index (χ2v) is 7.73. The van der Waals surface area contributed by atoms with Gasteiger partial charge in [-0.2, -0.15) is 0 Å². The third-order valence-corrected chi connectivity index (χ3v) is 5.43. The van der Waals surface area contributed by atoms with Crippen molar-refractivity contribution < 1.29 is 9.59 Å². The highest BCUT2D eigenvalue weighted by atomic mass is 32.2. The van der Waals surface area contributed by atoms with Crippen LogP contribution in [-0.2, 0) is 4.79 Å². The Morgan fingerprint density at radius 3 is 2.84 bits per heavy atom. The SMILES string of the molecule is CCNc1nnc(SCC(=O)Nc2ccccc2C(=O)NC2CC2)s1. The summed E-state index contributed by atoms with van der Waals surface area (Å²) in [4.78, 5) is 24.5. The number of rotatable bonds is 8. The molecule has 1 aromatic heterocycles. The highest BCUT2D eigenvalue weighted by Crippen LogP contribution is 2.26. The van der Waals surface area contributed by atoms with Crippen LogP contribution in [0.5, 0.6) is 0 Å². The number of anilines is 2. The number of carbonyl (C=O) groups is 2. The summed E-state index contributed by atoms with van der Waals surface area (Å²) >= 11 is 2.73. The molecule has 9 heteroatoms. The maximum atomic E-state index is 12.2. The molecule has 0 bridgehead atoms. The van der Waals surface area contributed by atoms with E-state index in [2.05, 4.69) is 26.1 Å². The summed E-state index contributed by atoms with van der Waals surface area (Å²) in [6.07, 6.45) is 2.04. The largest absolute Gasteiger partial charge is 0.360 e. The van der Waals surface area contributed by atoms with Gasteiger partial charge in [-0.25, -0.2) is 0 Å². The van der Waals surface area contributed by atoms with Crippen molar-refractivity contribution >= 4 is 45.7 Å². The van der Waals surface area contributed by atoms with Crippen LogP contribution in [0.2, 0.25) is 0 Å². The molecular weight excluding hydrogens is 358 g/mol. The van der Waals surface area contributed by atoms with E-state index in [9.17, 15) is 9.59 Å². The summed E-state index contributed by atoms with van der Waals surface area (Å²) in [6, 6.07) is 7.31. The molecule has 3 rings (SSSR count). The first kappa shape index (κ1) is 17.7. The van der Waals surface area contributed by atoms with Crippen LogP contribution in [0.15, 0.2) is 28.6 Å². The molecule has 25 heavy (non-hydrogen) atoms. The lowest BCUT2D eigenvalue weighted by Crippen LogP contribution is -2.27. The Bertz CT molecular complexity index is 760. The maximum Gasteiger partial charge on any atom is 0.253 e. The van der Waals surface area contributed by atoms with E-state index in [1.165, 1.54) is 23.1 Å². The van der Waals surface area contributed by atoms with E-state index in [1.54, 1.807) is 24.3 Å². The van der Waals surface area contributed by atoms with Crippen LogP contribution in [0.4, 0.5) is 10.8 Å². The van der Waals surface area contributed by atoms with Crippen molar-refractivity contribution in [3.8, 4) is 0 Å². The predicted molar refractivity (Wildman–Crippen MR) is 100 cm³/mol. The second kappa shape index (κ2) is 8.30. The average molecular weight is 377 g/mol. The summed E-state index contributed by atoms with van der Waals surface area (Å²) in [5.41, 5.74) is 1.01. The molecule has 1 aromatic carbocycles. The first-order valence-corrected chi connectivity index (χ1v) is 9.86. The number of para-hydroxylation sites is 1. The van der Waals surface area contributed by atoms with Crippen molar-refractivity contribution in [2.45, 2.75) is 30.1 Å². The molecule has 2 amide bonds. The molecule has 1 aliphatic carbocycles. The molecule has 0 aliphatic heterocycles. The lowest BCUT2D eigenvalue weighted by Gasteiger charge is -2.10. The van der Waals surface area contributed by atoms with E-state index in [0.29, 0.717) is 11.3 Å². The van der Waals surface area contributed by atoms with Gasteiger partial charge in [0.25, 0.3) is 5.91 Å². The lowest BCUT2D eigenvalue weighted by atomic mass is 10.1. The van der Waals surface area contributed by atoms with Crippen molar-refractivity contribution in [3.05, 3.63) is 29.8 Å². The first-order chi connectivity index (χ1) is 12.2. The molecule has 0 unspecified atom stereocenters. The molecule has 0 radical (unpaired) electrons. The number of hydrogen-bond acceptors (Lipinski definition) is 7. The van der Waals surface area contributed by atoms with E-state index < -0.39 is 0 Å².